The van der Waals surface area contributed by atoms with Crippen molar-refractivity contribution in [3.63, 3.8) is 0 Å². The van der Waals surface area contributed by atoms with Gasteiger partial charge in [-0.25, -0.2) is 4.98 Å². The molecule has 0 unspecified atom stereocenters. The first-order chi connectivity index (χ1) is 6.36. The van der Waals surface area contributed by atoms with Gasteiger partial charge in [0.05, 0.1) is 5.69 Å². The Morgan fingerprint density at radius 2 is 2.23 bits per heavy atom. The van der Waals surface area contributed by atoms with Crippen LogP contribution in [0.15, 0.2) is 35.8 Å². The Kier molecular flexibility index (Phi) is 2.14. The Bertz CT molecular complexity index is 386. The van der Waals surface area contributed by atoms with Crippen LogP contribution >= 0.6 is 11.3 Å². The van der Waals surface area contributed by atoms with Crippen molar-refractivity contribution in [2.75, 3.05) is 5.73 Å². The van der Waals surface area contributed by atoms with E-state index in [9.17, 15) is 0 Å². The fourth-order valence-corrected chi connectivity index (χ4v) is 1.48. The maximum Gasteiger partial charge on any atom is 0.243 e. The van der Waals surface area contributed by atoms with Gasteiger partial charge in [-0.15, -0.1) is 11.3 Å². The summed E-state index contributed by atoms with van der Waals surface area (Å²) in [7, 11) is 0. The molecule has 2 N–H and O–H groups in total. The van der Waals surface area contributed by atoms with Crippen molar-refractivity contribution in [2.45, 2.75) is 0 Å². The van der Waals surface area contributed by atoms with Crippen LogP contribution in [0.3, 0.4) is 0 Å². The second kappa shape index (κ2) is 3.45. The van der Waals surface area contributed by atoms with E-state index < -0.39 is 0 Å². The molecule has 2 heterocycles. The first-order valence-electron chi connectivity index (χ1n) is 3.78. The van der Waals surface area contributed by atoms with Crippen molar-refractivity contribution < 1.29 is 4.74 Å². The van der Waals surface area contributed by atoms with Gasteiger partial charge in [-0.3, -0.25) is 0 Å². The zero-order valence-electron chi connectivity index (χ0n) is 6.81. The van der Waals surface area contributed by atoms with Gasteiger partial charge < -0.3 is 10.5 Å². The molecule has 0 amide bonds. The molecule has 0 aliphatic carbocycles. The van der Waals surface area contributed by atoms with E-state index in [1.54, 1.807) is 18.3 Å². The summed E-state index contributed by atoms with van der Waals surface area (Å²) in [5, 5.41) is 2.74. The first kappa shape index (κ1) is 8.07. The van der Waals surface area contributed by atoms with Gasteiger partial charge >= 0.3 is 0 Å². The number of anilines is 1. The standard InChI is InChI=1S/C9H8N2OS/c10-7-3-1-5-11-9(7)12-8-4-2-6-13-8/h1-6H,10H2. The Balaban J connectivity index is 2.24. The summed E-state index contributed by atoms with van der Waals surface area (Å²) in [6.07, 6.45) is 1.65. The van der Waals surface area contributed by atoms with Crippen LogP contribution in [0.4, 0.5) is 5.69 Å². The molecule has 0 aliphatic rings. The minimum Gasteiger partial charge on any atom is -0.426 e. The number of hydrogen-bond donors (Lipinski definition) is 1. The minimum absolute atomic E-state index is 0.463. The third kappa shape index (κ3) is 1.78. The van der Waals surface area contributed by atoms with Gasteiger partial charge in [-0.1, -0.05) is 0 Å². The normalized spacial score (nSPS) is 9.85. The van der Waals surface area contributed by atoms with Crippen molar-refractivity contribution in [3.8, 4) is 10.9 Å². The van der Waals surface area contributed by atoms with Gasteiger partial charge in [0.2, 0.25) is 5.88 Å². The van der Waals surface area contributed by atoms with Crippen LogP contribution in [0.25, 0.3) is 0 Å². The lowest BCUT2D eigenvalue weighted by Crippen LogP contribution is -1.92. The molecule has 0 radical (unpaired) electrons. The fraction of sp³-hybridized carbons (Fsp3) is 0. The number of aromatic nitrogens is 1. The van der Waals surface area contributed by atoms with Crippen molar-refractivity contribution in [1.29, 1.82) is 0 Å². The predicted octanol–water partition coefficient (Wildman–Crippen LogP) is 2.52. The Morgan fingerprint density at radius 1 is 1.31 bits per heavy atom. The number of nitrogens with two attached hydrogens (primary N) is 1. The molecule has 0 atom stereocenters. The molecule has 0 saturated heterocycles. The van der Waals surface area contributed by atoms with Crippen LogP contribution in [-0.4, -0.2) is 4.98 Å². The molecule has 2 rings (SSSR count). The fourth-order valence-electron chi connectivity index (χ4n) is 0.905. The lowest BCUT2D eigenvalue weighted by Gasteiger charge is -2.02. The van der Waals surface area contributed by atoms with Crippen LogP contribution < -0.4 is 10.5 Å². The Morgan fingerprint density at radius 3 is 2.92 bits per heavy atom. The topological polar surface area (TPSA) is 48.1 Å². The molecule has 0 aromatic carbocycles. The molecule has 66 valence electrons. The molecule has 0 bridgehead atoms. The average molecular weight is 192 g/mol. The van der Waals surface area contributed by atoms with Crippen LogP contribution in [0.2, 0.25) is 0 Å². The number of thiophene rings is 1. The molecule has 0 fully saturated rings. The van der Waals surface area contributed by atoms with E-state index >= 15 is 0 Å². The monoisotopic (exact) mass is 192 g/mol. The van der Waals surface area contributed by atoms with Gasteiger partial charge in [0.1, 0.15) is 0 Å². The summed E-state index contributed by atoms with van der Waals surface area (Å²) >= 11 is 1.51. The van der Waals surface area contributed by atoms with Gasteiger partial charge in [0, 0.05) is 6.20 Å². The van der Waals surface area contributed by atoms with Crippen LogP contribution in [0.1, 0.15) is 0 Å². The molecule has 0 spiro atoms. The van der Waals surface area contributed by atoms with E-state index in [4.69, 9.17) is 10.5 Å². The zero-order valence-corrected chi connectivity index (χ0v) is 7.62. The highest BCUT2D eigenvalue weighted by Gasteiger charge is 2.01. The van der Waals surface area contributed by atoms with Gasteiger partial charge in [-0.2, -0.15) is 0 Å². The molecule has 13 heavy (non-hydrogen) atoms. The molecule has 0 saturated carbocycles. The summed E-state index contributed by atoms with van der Waals surface area (Å²) in [5.41, 5.74) is 6.21. The highest BCUT2D eigenvalue weighted by molar-refractivity contribution is 7.11. The summed E-state index contributed by atoms with van der Waals surface area (Å²) in [6, 6.07) is 7.32. The van der Waals surface area contributed by atoms with Crippen LogP contribution in [0, 0.1) is 0 Å². The largest absolute Gasteiger partial charge is 0.426 e. The van der Waals surface area contributed by atoms with E-state index in [1.807, 2.05) is 17.5 Å². The number of nitrogens with zero attached hydrogens (tertiary/aromatic N) is 1. The molecule has 2 aromatic rings. The number of pyridine rings is 1. The van der Waals surface area contributed by atoms with Crippen molar-refractivity contribution in [2.24, 2.45) is 0 Å². The Labute approximate surface area is 79.8 Å². The summed E-state index contributed by atoms with van der Waals surface area (Å²) in [5.74, 6) is 0.463. The molecular weight excluding hydrogens is 184 g/mol. The smallest absolute Gasteiger partial charge is 0.243 e. The lowest BCUT2D eigenvalue weighted by molar-refractivity contribution is 0.479. The number of ether oxygens (including phenoxy) is 1. The summed E-state index contributed by atoms with van der Waals surface area (Å²) < 4.78 is 5.43. The number of rotatable bonds is 2. The minimum atomic E-state index is 0.463. The van der Waals surface area contributed by atoms with Crippen LogP contribution in [0.5, 0.6) is 10.9 Å². The molecule has 0 aliphatic heterocycles. The van der Waals surface area contributed by atoms with E-state index in [2.05, 4.69) is 4.98 Å². The summed E-state index contributed by atoms with van der Waals surface area (Å²) in [6.45, 7) is 0. The highest BCUT2D eigenvalue weighted by Crippen LogP contribution is 2.27. The van der Waals surface area contributed by atoms with E-state index in [-0.39, 0.29) is 0 Å². The zero-order chi connectivity index (χ0) is 9.10. The molecular formula is C9H8N2OS. The van der Waals surface area contributed by atoms with Gasteiger partial charge in [0.15, 0.2) is 5.06 Å². The predicted molar refractivity (Wildman–Crippen MR) is 53.0 cm³/mol. The van der Waals surface area contributed by atoms with Crippen molar-refractivity contribution >= 4 is 17.0 Å². The Hall–Kier alpha value is -1.55. The van der Waals surface area contributed by atoms with E-state index in [0.29, 0.717) is 11.6 Å². The van der Waals surface area contributed by atoms with E-state index in [1.165, 1.54) is 11.3 Å². The second-order valence-electron chi connectivity index (χ2n) is 2.43. The maximum absolute atomic E-state index is 5.65. The van der Waals surface area contributed by atoms with Crippen LogP contribution in [-0.2, 0) is 0 Å². The highest BCUT2D eigenvalue weighted by atomic mass is 32.1. The molecule has 3 nitrogen and oxygen atoms in total. The summed E-state index contributed by atoms with van der Waals surface area (Å²) in [4.78, 5) is 4.01. The quantitative estimate of drug-likeness (QED) is 0.795. The molecule has 2 aromatic heterocycles. The molecule has 4 heteroatoms. The first-order valence-corrected chi connectivity index (χ1v) is 4.66. The third-order valence-electron chi connectivity index (χ3n) is 1.49. The lowest BCUT2D eigenvalue weighted by atomic mass is 10.4. The van der Waals surface area contributed by atoms with Gasteiger partial charge in [-0.05, 0) is 29.6 Å². The van der Waals surface area contributed by atoms with E-state index in [0.717, 1.165) is 5.06 Å². The van der Waals surface area contributed by atoms with Crippen molar-refractivity contribution in [3.05, 3.63) is 35.8 Å². The maximum atomic E-state index is 5.65. The average Bonchev–Trinajstić information content (AvgIpc) is 2.61. The number of hydrogen-bond acceptors (Lipinski definition) is 4. The SMILES string of the molecule is Nc1cccnc1Oc1cccs1. The van der Waals surface area contributed by atoms with Gasteiger partial charge in [0.25, 0.3) is 0 Å². The number of nitrogen functional groups attached to an aromatic ring is 1. The second-order valence-corrected chi connectivity index (χ2v) is 3.34. The third-order valence-corrected chi connectivity index (χ3v) is 2.24. The van der Waals surface area contributed by atoms with Crippen molar-refractivity contribution in [1.82, 2.24) is 4.98 Å².